The van der Waals surface area contributed by atoms with E-state index in [1.165, 1.54) is 7.11 Å². The van der Waals surface area contributed by atoms with E-state index in [9.17, 15) is 9.59 Å². The van der Waals surface area contributed by atoms with Gasteiger partial charge < -0.3 is 15.4 Å². The lowest BCUT2D eigenvalue weighted by molar-refractivity contribution is 0.0600. The predicted molar refractivity (Wildman–Crippen MR) is 93.2 cm³/mol. The van der Waals surface area contributed by atoms with E-state index < -0.39 is 0 Å². The largest absolute Gasteiger partial charge is 0.465 e. The molecule has 0 saturated heterocycles. The molecule has 0 aromatic heterocycles. The second-order valence-corrected chi connectivity index (χ2v) is 5.61. The second-order valence-electron chi connectivity index (χ2n) is 5.18. The van der Waals surface area contributed by atoms with Crippen molar-refractivity contribution in [1.29, 1.82) is 0 Å². The van der Waals surface area contributed by atoms with Crippen LogP contribution in [0.25, 0.3) is 0 Å². The lowest BCUT2D eigenvalue weighted by atomic mass is 10.1. The monoisotopic (exact) mass is 346 g/mol. The Kier molecular flexibility index (Phi) is 6.63. The zero-order chi connectivity index (χ0) is 17.4. The van der Waals surface area contributed by atoms with Gasteiger partial charge >= 0.3 is 12.0 Å². The van der Waals surface area contributed by atoms with E-state index in [0.29, 0.717) is 30.1 Å². The summed E-state index contributed by atoms with van der Waals surface area (Å²) in [5.41, 5.74) is 2.45. The maximum absolute atomic E-state index is 11.8. The third-order valence-corrected chi connectivity index (χ3v) is 3.65. The summed E-state index contributed by atoms with van der Waals surface area (Å²) in [5.74, 6) is -0.381. The van der Waals surface area contributed by atoms with Crippen LogP contribution in [-0.4, -0.2) is 25.7 Å². The lowest BCUT2D eigenvalue weighted by Crippen LogP contribution is -2.36. The number of hydrogen-bond acceptors (Lipinski definition) is 3. The molecule has 0 saturated carbocycles. The number of hydrogen-bond donors (Lipinski definition) is 2. The summed E-state index contributed by atoms with van der Waals surface area (Å²) in [6.07, 6.45) is 0.710. The Morgan fingerprint density at radius 2 is 1.79 bits per heavy atom. The Hall–Kier alpha value is -2.53. The fourth-order valence-electron chi connectivity index (χ4n) is 2.13. The van der Waals surface area contributed by atoms with Crippen LogP contribution in [0.1, 0.15) is 21.5 Å². The number of carbonyl (C=O) groups is 2. The van der Waals surface area contributed by atoms with Crippen LogP contribution in [0.3, 0.4) is 0 Å². The van der Waals surface area contributed by atoms with Crippen LogP contribution >= 0.6 is 11.6 Å². The first kappa shape index (κ1) is 17.8. The molecule has 0 radical (unpaired) electrons. The molecule has 2 rings (SSSR count). The highest BCUT2D eigenvalue weighted by Crippen LogP contribution is 2.10. The highest BCUT2D eigenvalue weighted by Gasteiger charge is 2.05. The van der Waals surface area contributed by atoms with Gasteiger partial charge in [-0.2, -0.15) is 0 Å². The molecule has 5 nitrogen and oxygen atoms in total. The van der Waals surface area contributed by atoms with Gasteiger partial charge in [0.15, 0.2) is 0 Å². The maximum Gasteiger partial charge on any atom is 0.337 e. The molecular weight excluding hydrogens is 328 g/mol. The lowest BCUT2D eigenvalue weighted by Gasteiger charge is -2.08. The highest BCUT2D eigenvalue weighted by atomic mass is 35.5. The van der Waals surface area contributed by atoms with Crippen LogP contribution in [0, 0.1) is 0 Å². The van der Waals surface area contributed by atoms with E-state index in [1.54, 1.807) is 24.3 Å². The molecule has 0 unspecified atom stereocenters. The molecule has 2 aromatic carbocycles. The minimum atomic E-state index is -0.381. The summed E-state index contributed by atoms with van der Waals surface area (Å²) >= 11 is 5.92. The minimum Gasteiger partial charge on any atom is -0.465 e. The Balaban J connectivity index is 1.72. The van der Waals surface area contributed by atoms with Gasteiger partial charge in [0.2, 0.25) is 0 Å². The van der Waals surface area contributed by atoms with Crippen LogP contribution in [0.2, 0.25) is 5.02 Å². The summed E-state index contributed by atoms with van der Waals surface area (Å²) < 4.78 is 4.64. The van der Waals surface area contributed by atoms with Crippen molar-refractivity contribution in [2.75, 3.05) is 13.7 Å². The molecule has 0 spiro atoms. The first-order valence-electron chi connectivity index (χ1n) is 7.52. The molecule has 0 aliphatic carbocycles. The molecule has 6 heteroatoms. The van der Waals surface area contributed by atoms with Crippen molar-refractivity contribution < 1.29 is 14.3 Å². The maximum atomic E-state index is 11.8. The predicted octanol–water partition coefficient (Wildman–Crippen LogP) is 3.17. The molecule has 0 aliphatic heterocycles. The first-order chi connectivity index (χ1) is 11.6. The van der Waals surface area contributed by atoms with Gasteiger partial charge in [0, 0.05) is 18.1 Å². The molecule has 0 atom stereocenters. The molecule has 126 valence electrons. The molecule has 2 amide bonds. The number of benzene rings is 2. The van der Waals surface area contributed by atoms with Crippen molar-refractivity contribution in [2.24, 2.45) is 0 Å². The van der Waals surface area contributed by atoms with Crippen LogP contribution in [0.4, 0.5) is 4.79 Å². The van der Waals surface area contributed by atoms with Crippen LogP contribution in [0.5, 0.6) is 0 Å². The Bertz CT molecular complexity index is 702. The van der Waals surface area contributed by atoms with Gasteiger partial charge in [0.25, 0.3) is 0 Å². The van der Waals surface area contributed by atoms with Gasteiger partial charge in [-0.3, -0.25) is 0 Å². The smallest absolute Gasteiger partial charge is 0.337 e. The third-order valence-electron chi connectivity index (χ3n) is 3.42. The molecule has 0 aliphatic rings. The van der Waals surface area contributed by atoms with Gasteiger partial charge in [-0.1, -0.05) is 35.9 Å². The summed E-state index contributed by atoms with van der Waals surface area (Å²) in [6, 6.07) is 14.2. The number of ether oxygens (including phenoxy) is 1. The number of methoxy groups -OCH3 is 1. The molecule has 24 heavy (non-hydrogen) atoms. The topological polar surface area (TPSA) is 67.4 Å². The average Bonchev–Trinajstić information content (AvgIpc) is 2.60. The van der Waals surface area contributed by atoms with Gasteiger partial charge in [0.1, 0.15) is 0 Å². The molecular formula is C18H19ClN2O3. The summed E-state index contributed by atoms with van der Waals surface area (Å²) in [4.78, 5) is 23.1. The second kappa shape index (κ2) is 8.93. The van der Waals surface area contributed by atoms with E-state index in [2.05, 4.69) is 15.4 Å². The fraction of sp³-hybridized carbons (Fsp3) is 0.222. The third kappa shape index (κ3) is 5.59. The van der Waals surface area contributed by atoms with Crippen molar-refractivity contribution >= 4 is 23.6 Å². The number of esters is 1. The van der Waals surface area contributed by atoms with Crippen molar-refractivity contribution in [3.8, 4) is 0 Å². The van der Waals surface area contributed by atoms with Crippen LogP contribution in [0.15, 0.2) is 48.5 Å². The van der Waals surface area contributed by atoms with E-state index >= 15 is 0 Å². The summed E-state index contributed by atoms with van der Waals surface area (Å²) in [7, 11) is 1.34. The minimum absolute atomic E-state index is 0.242. The molecule has 0 bridgehead atoms. The molecule has 2 N–H and O–H groups in total. The van der Waals surface area contributed by atoms with E-state index in [0.717, 1.165) is 11.1 Å². The fourth-order valence-corrected chi connectivity index (χ4v) is 2.35. The van der Waals surface area contributed by atoms with Gasteiger partial charge in [-0.05, 0) is 41.8 Å². The van der Waals surface area contributed by atoms with Crippen molar-refractivity contribution in [1.82, 2.24) is 10.6 Å². The molecule has 2 aromatic rings. The van der Waals surface area contributed by atoms with Gasteiger partial charge in [-0.25, -0.2) is 9.59 Å². The van der Waals surface area contributed by atoms with E-state index in [1.807, 2.05) is 24.3 Å². The number of nitrogens with one attached hydrogen (secondary N) is 2. The standard InChI is InChI=1S/C18H19ClN2O3/c1-24-17(22)15-7-5-14(6-8-15)12-21-18(23)20-10-9-13-3-2-4-16(19)11-13/h2-8,11H,9-10,12H2,1H3,(H2,20,21,23). The number of amides is 2. The molecule has 0 fully saturated rings. The van der Waals surface area contributed by atoms with Crippen molar-refractivity contribution in [2.45, 2.75) is 13.0 Å². The number of rotatable bonds is 6. The van der Waals surface area contributed by atoms with Crippen molar-refractivity contribution in [3.63, 3.8) is 0 Å². The normalized spacial score (nSPS) is 10.1. The Morgan fingerprint density at radius 1 is 1.04 bits per heavy atom. The highest BCUT2D eigenvalue weighted by molar-refractivity contribution is 6.30. The quantitative estimate of drug-likeness (QED) is 0.789. The zero-order valence-corrected chi connectivity index (χ0v) is 14.1. The van der Waals surface area contributed by atoms with Gasteiger partial charge in [0.05, 0.1) is 12.7 Å². The Labute approximate surface area is 146 Å². The first-order valence-corrected chi connectivity index (χ1v) is 7.89. The summed E-state index contributed by atoms with van der Waals surface area (Å²) in [6.45, 7) is 0.901. The van der Waals surface area contributed by atoms with Gasteiger partial charge in [-0.15, -0.1) is 0 Å². The number of halogens is 1. The SMILES string of the molecule is COC(=O)c1ccc(CNC(=O)NCCc2cccc(Cl)c2)cc1. The average molecular weight is 347 g/mol. The van der Waals surface area contributed by atoms with E-state index in [4.69, 9.17) is 11.6 Å². The van der Waals surface area contributed by atoms with Crippen LogP contribution < -0.4 is 10.6 Å². The Morgan fingerprint density at radius 3 is 2.46 bits per heavy atom. The van der Waals surface area contributed by atoms with Crippen LogP contribution in [-0.2, 0) is 17.7 Å². The van der Waals surface area contributed by atoms with E-state index in [-0.39, 0.29) is 12.0 Å². The number of urea groups is 1. The molecule has 0 heterocycles. The van der Waals surface area contributed by atoms with Crippen molar-refractivity contribution in [3.05, 3.63) is 70.2 Å². The number of carbonyl (C=O) groups excluding carboxylic acids is 2. The zero-order valence-electron chi connectivity index (χ0n) is 13.3. The summed E-state index contributed by atoms with van der Waals surface area (Å²) in [5, 5.41) is 6.25.